The molecule has 0 radical (unpaired) electrons. The van der Waals surface area contributed by atoms with Crippen LogP contribution in [0.1, 0.15) is 188 Å². The smallest absolute Gasteiger partial charge is 0.166 e. The van der Waals surface area contributed by atoms with E-state index in [4.69, 9.17) is 23.7 Å². The number of allylic oxidation sites excluding steroid dienone is 12. The van der Waals surface area contributed by atoms with E-state index in [1.807, 2.05) is 60.7 Å². The average molecular weight is 1880 g/mol. The lowest BCUT2D eigenvalue weighted by Crippen LogP contribution is -2.32. The van der Waals surface area contributed by atoms with Crippen LogP contribution in [0.5, 0.6) is 11.5 Å². The minimum Gasteiger partial charge on any atom is -0.492 e. The van der Waals surface area contributed by atoms with Gasteiger partial charge in [-0.2, -0.15) is 0 Å². The van der Waals surface area contributed by atoms with Crippen LogP contribution in [0.15, 0.2) is 277 Å². The second-order valence-corrected chi connectivity index (χ2v) is 42.6. The largest absolute Gasteiger partial charge is 0.492 e. The molecule has 0 spiro atoms. The van der Waals surface area contributed by atoms with Crippen molar-refractivity contribution in [2.24, 2.45) is 5.92 Å². The molecular weight excluding hydrogens is 1710 g/mol. The molecule has 12 heterocycles. The van der Waals surface area contributed by atoms with Crippen LogP contribution in [-0.4, -0.2) is 237 Å². The molecule has 734 valence electrons. The van der Waals surface area contributed by atoms with E-state index in [2.05, 4.69) is 394 Å². The zero-order valence-electron chi connectivity index (χ0n) is 87.2. The molecule has 0 saturated carbocycles. The van der Waals surface area contributed by atoms with Gasteiger partial charge in [-0.05, 0) is 119 Å². The molecule has 8 aromatic rings. The maximum Gasteiger partial charge on any atom is 0.166 e. The number of benzene rings is 8. The zero-order chi connectivity index (χ0) is 97.7. The van der Waals surface area contributed by atoms with E-state index in [1.165, 1.54) is 199 Å². The molecule has 0 N–H and O–H groups in total. The highest BCUT2D eigenvalue weighted by atomic mass is 16.5. The summed E-state index contributed by atoms with van der Waals surface area (Å²) in [6, 6.07) is 72.7. The number of fused-ring (bicyclic) bond motifs is 6. The van der Waals surface area contributed by atoms with Gasteiger partial charge in [0.25, 0.3) is 0 Å². The van der Waals surface area contributed by atoms with Crippen molar-refractivity contribution in [3.05, 3.63) is 310 Å². The Labute approximate surface area is 833 Å². The fraction of sp³-hybridized carbons (Fsp3) is 0.459. The summed E-state index contributed by atoms with van der Waals surface area (Å²) >= 11 is 0. The van der Waals surface area contributed by atoms with E-state index < -0.39 is 0 Å². The first-order valence-electron chi connectivity index (χ1n) is 52.1. The molecule has 0 aromatic heterocycles. The fourth-order valence-electron chi connectivity index (χ4n) is 22.2. The van der Waals surface area contributed by atoms with E-state index in [1.54, 1.807) is 0 Å². The number of hydrogen-bond acceptors (Lipinski definition) is 11. The van der Waals surface area contributed by atoms with Crippen molar-refractivity contribution < 1.29 is 51.1 Å². The Morgan fingerprint density at radius 3 is 0.727 bits per heavy atom. The normalized spacial score (nSPS) is 21.4. The van der Waals surface area contributed by atoms with E-state index >= 15 is 0 Å². The topological polar surface area (TPSA) is 83.7 Å². The number of nitrogens with zero attached hydrogens (tertiary/aromatic N) is 12. The first kappa shape index (κ1) is 102. The van der Waals surface area contributed by atoms with Crippen molar-refractivity contribution >= 4 is 71.4 Å². The molecule has 12 aliphatic heterocycles. The van der Waals surface area contributed by atoms with Gasteiger partial charge in [-0.1, -0.05) is 243 Å². The Morgan fingerprint density at radius 1 is 0.259 bits per heavy atom. The number of anilines is 6. The number of likely N-dealkylation sites (N-methyl/N-ethyl adjacent to an activating group) is 3. The first-order valence-corrected chi connectivity index (χ1v) is 52.1. The van der Waals surface area contributed by atoms with Crippen molar-refractivity contribution in [3.63, 3.8) is 0 Å². The van der Waals surface area contributed by atoms with Crippen LogP contribution in [0.2, 0.25) is 0 Å². The van der Waals surface area contributed by atoms with E-state index in [9.17, 15) is 0 Å². The van der Waals surface area contributed by atoms with Crippen LogP contribution in [0.3, 0.4) is 0 Å². The summed E-state index contributed by atoms with van der Waals surface area (Å²) in [6.45, 7) is 54.5. The van der Waals surface area contributed by atoms with Crippen molar-refractivity contribution in [2.45, 2.75) is 187 Å². The molecule has 0 amide bonds. The molecule has 12 aliphatic rings. The highest BCUT2D eigenvalue weighted by molar-refractivity contribution is 5.83. The standard InChI is InChI=1S/C25H31N2O.C24H29N2O2.C21H31N2O.C18H25N2.C17H23N2O.C17H23N2/c1-25(2)22-13-7-8-14-23(22)27(19-20-28-21-11-5-3-6-12-21)24(25)15-18-26-16-9-4-10-17-26;1-24(2)21-10-6-7-11-22(21)26(16-19-28-20-8-4-3-5-9-20)23(24)12-13-25-14-17-27-18-15-25;1-17(2)9-12-23-19-8-6-5-7-18(19)21(3,4)20(23)10-11-22-13-15-24-16-14-22;1-18(2)15-9-5-6-10-16(15)19(3)17(18)11-14-20-12-7-4-8-13-20;1-17(2)14-6-4-5-7-15(14)18(3)16(17)8-9-19-10-12-20-13-11-19;1-17(2)14-8-4-5-9-15(14)18(3)16(17)10-13-19-11-6-7-12-19/h3,5-8,11-15,18H,4,9-10,16-17,19-20H2,1-2H3;3-13H,14-19H2,1-2H3;5-8,10-11,17H,9,12-16H2,1-4H3;5-6,9-11,14H,4,7-8,12-13H2,1-3H3;4-9H,10-13H2,1-3H3;4-5,8-10,13H,6-7,11-12H2,1-3H3/q6*+1. The highest BCUT2D eigenvalue weighted by Gasteiger charge is 2.46. The van der Waals surface area contributed by atoms with Gasteiger partial charge in [-0.15, -0.1) is 0 Å². The fourth-order valence-corrected chi connectivity index (χ4v) is 22.2. The molecule has 6 fully saturated rings. The summed E-state index contributed by atoms with van der Waals surface area (Å²) < 4.78 is 42.7. The third-order valence-electron chi connectivity index (χ3n) is 30.5. The van der Waals surface area contributed by atoms with Gasteiger partial charge >= 0.3 is 0 Å². The van der Waals surface area contributed by atoms with Gasteiger partial charge < -0.3 is 53.1 Å². The third-order valence-corrected chi connectivity index (χ3v) is 30.5. The molecule has 139 heavy (non-hydrogen) atoms. The number of hydrogen-bond donors (Lipinski definition) is 0. The highest BCUT2D eigenvalue weighted by Crippen LogP contribution is 2.53. The molecule has 20 rings (SSSR count). The molecule has 0 atom stereocenters. The summed E-state index contributed by atoms with van der Waals surface area (Å²) in [5, 5.41) is 0. The van der Waals surface area contributed by atoms with Crippen LogP contribution in [0.4, 0.5) is 34.1 Å². The van der Waals surface area contributed by atoms with E-state index in [-0.39, 0.29) is 32.5 Å². The van der Waals surface area contributed by atoms with Gasteiger partial charge in [0.15, 0.2) is 76.6 Å². The lowest BCUT2D eigenvalue weighted by atomic mass is 9.84. The molecule has 0 unspecified atom stereocenters. The molecule has 0 aliphatic carbocycles. The second kappa shape index (κ2) is 46.7. The predicted molar refractivity (Wildman–Crippen MR) is 582 cm³/mol. The summed E-state index contributed by atoms with van der Waals surface area (Å²) in [4.78, 5) is 14.4. The van der Waals surface area contributed by atoms with Crippen molar-refractivity contribution in [3.8, 4) is 11.5 Å². The number of piperidine rings is 2. The van der Waals surface area contributed by atoms with Crippen LogP contribution >= 0.6 is 0 Å². The van der Waals surface area contributed by atoms with Gasteiger partial charge in [-0.25, -0.2) is 27.5 Å². The summed E-state index contributed by atoms with van der Waals surface area (Å²) in [7, 11) is 6.52. The number of rotatable bonds is 17. The second-order valence-electron chi connectivity index (χ2n) is 42.6. The van der Waals surface area contributed by atoms with E-state index in [0.29, 0.717) is 19.1 Å². The van der Waals surface area contributed by atoms with Crippen molar-refractivity contribution in [1.82, 2.24) is 0 Å². The molecule has 17 nitrogen and oxygen atoms in total. The Kier molecular flexibility index (Phi) is 34.3. The van der Waals surface area contributed by atoms with Crippen LogP contribution in [0.25, 0.3) is 0 Å². The van der Waals surface area contributed by atoms with Gasteiger partial charge in [-0.3, -0.25) is 0 Å². The van der Waals surface area contributed by atoms with Crippen LogP contribution < -0.4 is 38.9 Å². The SMILES string of the molecule is CC(C)CCN1C(=CC=[N+]2CCOCC2)C(C)(C)c2ccccc21.CC1(C)C(=CC=[N+]2CCCCC2)N(CCOc2ccccc2)c2ccccc21.CC1(C)C(=CC=[N+]2CCOCC2)N(CCOc2ccccc2)c2ccccc21.CN1C(=CC=[N+]2CCCC2)C(C)(C)c2ccccc21.CN1C(=CC=[N+]2CCCCC2)C(C)(C)c2ccccc21.CN1C(=CC=[N+]2CCOCC2)C(C)(C)c2ccccc21. The molecule has 6 saturated heterocycles. The van der Waals surface area contributed by atoms with Crippen LogP contribution in [-0.2, 0) is 46.7 Å². The Morgan fingerprint density at radius 2 is 0.468 bits per heavy atom. The zero-order valence-corrected chi connectivity index (χ0v) is 87.2. The third kappa shape index (κ3) is 24.2. The average Bonchev–Trinajstić information content (AvgIpc) is 1.60. The number of para-hydroxylation sites is 8. The molecular formula is C122H162N12O5+6. The van der Waals surface area contributed by atoms with Gasteiger partial charge in [0.2, 0.25) is 0 Å². The van der Waals surface area contributed by atoms with Gasteiger partial charge in [0.05, 0.1) is 13.1 Å². The summed E-state index contributed by atoms with van der Waals surface area (Å²) in [5.74, 6) is 2.56. The van der Waals surface area contributed by atoms with Crippen LogP contribution in [0, 0.1) is 5.92 Å². The maximum absolute atomic E-state index is 6.00. The number of ether oxygens (including phenoxy) is 5. The molecule has 0 bridgehead atoms. The van der Waals surface area contributed by atoms with Gasteiger partial charge in [0.1, 0.15) is 104 Å². The quantitative estimate of drug-likeness (QED) is 0.0818. The monoisotopic (exact) mass is 1880 g/mol. The number of morpholine rings is 3. The summed E-state index contributed by atoms with van der Waals surface area (Å²) in [5.41, 5.74) is 24.9. The molecule has 8 aromatic carbocycles. The van der Waals surface area contributed by atoms with Gasteiger partial charge in [0, 0.05) is 203 Å². The van der Waals surface area contributed by atoms with E-state index in [0.717, 1.165) is 110 Å². The Bertz CT molecular complexity index is 5610. The molecule has 17 heteroatoms. The van der Waals surface area contributed by atoms with Crippen molar-refractivity contribution in [2.75, 3.05) is 202 Å². The van der Waals surface area contributed by atoms with Crippen molar-refractivity contribution in [1.29, 1.82) is 0 Å². The lowest BCUT2D eigenvalue weighted by Gasteiger charge is -2.27. The summed E-state index contributed by atoms with van der Waals surface area (Å²) in [6.07, 6.45) is 39.4. The lowest BCUT2D eigenvalue weighted by molar-refractivity contribution is -0.544. The maximum atomic E-state index is 6.00. The first-order chi connectivity index (χ1) is 67.1. The Balaban J connectivity index is 0.000000127. The predicted octanol–water partition coefficient (Wildman–Crippen LogP) is 21.9. The minimum absolute atomic E-state index is 0.00434. The minimum atomic E-state index is -0.0356. The Hall–Kier alpha value is -11.5.